The van der Waals surface area contributed by atoms with Crippen molar-refractivity contribution < 1.29 is 0 Å². The zero-order chi connectivity index (χ0) is 11.9. The number of nitrogens with two attached hydrogens (primary N) is 1. The summed E-state index contributed by atoms with van der Waals surface area (Å²) in [6, 6.07) is 0.203. The van der Waals surface area contributed by atoms with E-state index in [1.54, 1.807) is 0 Å². The summed E-state index contributed by atoms with van der Waals surface area (Å²) in [5, 5.41) is 1.28. The summed E-state index contributed by atoms with van der Waals surface area (Å²) in [7, 11) is 0. The first-order chi connectivity index (χ1) is 7.43. The van der Waals surface area contributed by atoms with E-state index in [-0.39, 0.29) is 6.04 Å². The van der Waals surface area contributed by atoms with Crippen molar-refractivity contribution in [2.45, 2.75) is 58.9 Å². The van der Waals surface area contributed by atoms with Crippen molar-refractivity contribution in [3.8, 4) is 0 Å². The Labute approximate surface area is 102 Å². The van der Waals surface area contributed by atoms with Crippen LogP contribution in [-0.4, -0.2) is 4.98 Å². The molecule has 0 aromatic carbocycles. The van der Waals surface area contributed by atoms with Gasteiger partial charge in [0.15, 0.2) is 0 Å². The third kappa shape index (κ3) is 2.16. The van der Waals surface area contributed by atoms with Crippen LogP contribution in [0.1, 0.15) is 68.1 Å². The predicted molar refractivity (Wildman–Crippen MR) is 69.9 cm³/mol. The number of hydrogen-bond donors (Lipinski definition) is 1. The molecule has 1 aromatic heterocycles. The third-order valence-corrected chi connectivity index (χ3v) is 4.99. The Morgan fingerprint density at radius 1 is 1.56 bits per heavy atom. The molecular formula is C13H22N2S. The van der Waals surface area contributed by atoms with Crippen molar-refractivity contribution in [2.75, 3.05) is 0 Å². The molecule has 3 heteroatoms. The molecule has 1 aliphatic carbocycles. The summed E-state index contributed by atoms with van der Waals surface area (Å²) in [6.45, 7) is 9.05. The minimum Gasteiger partial charge on any atom is -0.323 e. The average molecular weight is 238 g/mol. The highest BCUT2D eigenvalue weighted by atomic mass is 32.1. The number of thiazole rings is 1. The van der Waals surface area contributed by atoms with E-state index in [1.165, 1.54) is 15.6 Å². The Hall–Kier alpha value is -0.410. The molecule has 2 unspecified atom stereocenters. The summed E-state index contributed by atoms with van der Waals surface area (Å²) < 4.78 is 0. The van der Waals surface area contributed by atoms with Crippen molar-refractivity contribution in [3.63, 3.8) is 0 Å². The maximum Gasteiger partial charge on any atom is 0.0959 e. The Morgan fingerprint density at radius 3 is 2.88 bits per heavy atom. The molecule has 0 radical (unpaired) electrons. The van der Waals surface area contributed by atoms with E-state index in [1.807, 2.05) is 11.3 Å². The largest absolute Gasteiger partial charge is 0.323 e. The van der Waals surface area contributed by atoms with Gasteiger partial charge in [0.25, 0.3) is 0 Å². The van der Waals surface area contributed by atoms with Crippen LogP contribution in [0.25, 0.3) is 0 Å². The van der Waals surface area contributed by atoms with Crippen LogP contribution < -0.4 is 5.73 Å². The average Bonchev–Trinajstić information content (AvgIpc) is 2.58. The molecule has 1 aliphatic rings. The fourth-order valence-electron chi connectivity index (χ4n) is 2.40. The Morgan fingerprint density at radius 2 is 2.25 bits per heavy atom. The molecule has 2 nitrogen and oxygen atoms in total. The van der Waals surface area contributed by atoms with Crippen molar-refractivity contribution in [1.29, 1.82) is 0 Å². The van der Waals surface area contributed by atoms with Crippen LogP contribution in [0.15, 0.2) is 0 Å². The Kier molecular flexibility index (Phi) is 3.10. The van der Waals surface area contributed by atoms with Crippen LogP contribution >= 0.6 is 11.3 Å². The van der Waals surface area contributed by atoms with Gasteiger partial charge in [0.05, 0.1) is 10.7 Å². The first-order valence-corrected chi connectivity index (χ1v) is 6.99. The second-order valence-corrected chi connectivity index (χ2v) is 6.89. The summed E-state index contributed by atoms with van der Waals surface area (Å²) in [5.74, 6) is 0.575. The van der Waals surface area contributed by atoms with Gasteiger partial charge in [-0.3, -0.25) is 0 Å². The molecule has 2 rings (SSSR count). The quantitative estimate of drug-likeness (QED) is 0.854. The highest BCUT2D eigenvalue weighted by molar-refractivity contribution is 7.12. The van der Waals surface area contributed by atoms with Gasteiger partial charge in [0, 0.05) is 16.8 Å². The number of nitrogens with zero attached hydrogens (tertiary/aromatic N) is 1. The van der Waals surface area contributed by atoms with Gasteiger partial charge < -0.3 is 5.73 Å². The lowest BCUT2D eigenvalue weighted by Gasteiger charge is -2.32. The standard InChI is InChI=1S/C13H22N2S/c1-5-8(2)12-15-10-7-13(3,4)6-9(14)11(10)16-12/h8-9H,5-7,14H2,1-4H3. The van der Waals surface area contributed by atoms with Gasteiger partial charge in [-0.25, -0.2) is 4.98 Å². The summed E-state index contributed by atoms with van der Waals surface area (Å²) in [4.78, 5) is 6.15. The molecule has 0 aliphatic heterocycles. The maximum atomic E-state index is 6.25. The first kappa shape index (κ1) is 12.1. The fraction of sp³-hybridized carbons (Fsp3) is 0.769. The SMILES string of the molecule is CCC(C)c1nc2c(s1)C(N)CC(C)(C)C2. The van der Waals surface area contributed by atoms with Gasteiger partial charge >= 0.3 is 0 Å². The normalized spacial score (nSPS) is 25.2. The topological polar surface area (TPSA) is 38.9 Å². The highest BCUT2D eigenvalue weighted by Gasteiger charge is 2.33. The summed E-state index contributed by atoms with van der Waals surface area (Å²) >= 11 is 1.84. The highest BCUT2D eigenvalue weighted by Crippen LogP contribution is 2.43. The molecule has 0 amide bonds. The van der Waals surface area contributed by atoms with E-state index in [2.05, 4.69) is 27.7 Å². The van der Waals surface area contributed by atoms with E-state index >= 15 is 0 Å². The molecule has 2 N–H and O–H groups in total. The summed E-state index contributed by atoms with van der Waals surface area (Å²) in [5.41, 5.74) is 7.83. The second-order valence-electron chi connectivity index (χ2n) is 5.82. The van der Waals surface area contributed by atoms with E-state index in [4.69, 9.17) is 10.7 Å². The molecular weight excluding hydrogens is 216 g/mol. The van der Waals surface area contributed by atoms with Crippen LogP contribution in [0.3, 0.4) is 0 Å². The van der Waals surface area contributed by atoms with E-state index < -0.39 is 0 Å². The molecule has 0 spiro atoms. The van der Waals surface area contributed by atoms with Crippen LogP contribution in [0, 0.1) is 5.41 Å². The van der Waals surface area contributed by atoms with E-state index in [0.717, 1.165) is 19.3 Å². The molecule has 0 bridgehead atoms. The smallest absolute Gasteiger partial charge is 0.0959 e. The molecule has 16 heavy (non-hydrogen) atoms. The van der Waals surface area contributed by atoms with Gasteiger partial charge in [-0.15, -0.1) is 11.3 Å². The fourth-order valence-corrected chi connectivity index (χ4v) is 3.62. The van der Waals surface area contributed by atoms with Crippen molar-refractivity contribution in [1.82, 2.24) is 4.98 Å². The van der Waals surface area contributed by atoms with Gasteiger partial charge in [-0.2, -0.15) is 0 Å². The third-order valence-electron chi connectivity index (χ3n) is 3.53. The molecule has 90 valence electrons. The van der Waals surface area contributed by atoms with Crippen LogP contribution in [0.2, 0.25) is 0 Å². The van der Waals surface area contributed by atoms with Gasteiger partial charge in [0.2, 0.25) is 0 Å². The maximum absolute atomic E-state index is 6.25. The lowest BCUT2D eigenvalue weighted by atomic mass is 9.77. The monoisotopic (exact) mass is 238 g/mol. The molecule has 1 aromatic rings. The predicted octanol–water partition coefficient (Wildman–Crippen LogP) is 3.63. The van der Waals surface area contributed by atoms with Crippen LogP contribution in [0.4, 0.5) is 0 Å². The van der Waals surface area contributed by atoms with Gasteiger partial charge in [0.1, 0.15) is 0 Å². The van der Waals surface area contributed by atoms with Crippen molar-refractivity contribution in [3.05, 3.63) is 15.6 Å². The minimum absolute atomic E-state index is 0.203. The van der Waals surface area contributed by atoms with Crippen LogP contribution in [0.5, 0.6) is 0 Å². The van der Waals surface area contributed by atoms with Gasteiger partial charge in [-0.05, 0) is 24.7 Å². The molecule has 0 saturated heterocycles. The van der Waals surface area contributed by atoms with Crippen molar-refractivity contribution >= 4 is 11.3 Å². The van der Waals surface area contributed by atoms with Crippen molar-refractivity contribution in [2.24, 2.45) is 11.1 Å². The minimum atomic E-state index is 0.203. The van der Waals surface area contributed by atoms with E-state index in [0.29, 0.717) is 11.3 Å². The zero-order valence-electron chi connectivity index (χ0n) is 10.7. The molecule has 2 atom stereocenters. The number of aromatic nitrogens is 1. The number of fused-ring (bicyclic) bond motifs is 1. The Balaban J connectivity index is 2.34. The summed E-state index contributed by atoms with van der Waals surface area (Å²) in [6.07, 6.45) is 3.33. The molecule has 1 heterocycles. The zero-order valence-corrected chi connectivity index (χ0v) is 11.5. The lowest BCUT2D eigenvalue weighted by Crippen LogP contribution is -2.28. The molecule has 0 fully saturated rings. The first-order valence-electron chi connectivity index (χ1n) is 6.18. The van der Waals surface area contributed by atoms with Gasteiger partial charge in [-0.1, -0.05) is 27.7 Å². The van der Waals surface area contributed by atoms with Crippen LogP contribution in [-0.2, 0) is 6.42 Å². The second kappa shape index (κ2) is 4.11. The number of rotatable bonds is 2. The molecule has 0 saturated carbocycles. The lowest BCUT2D eigenvalue weighted by molar-refractivity contribution is 0.282. The number of hydrogen-bond acceptors (Lipinski definition) is 3. The van der Waals surface area contributed by atoms with E-state index in [9.17, 15) is 0 Å². The Bertz CT molecular complexity index is 381.